The molecule has 0 aliphatic carbocycles. The van der Waals surface area contributed by atoms with Crippen LogP contribution in [0.2, 0.25) is 0 Å². The molecule has 2 N–H and O–H groups in total. The standard InChI is InChI=1S/C11H15N5/c12-9-2-5-15(6-9)7-10-8-16-4-1-3-13-11(16)14-10/h1,3-4,8-9H,2,5-7,12H2. The number of likely N-dealkylation sites (tertiary alicyclic amines) is 1. The summed E-state index contributed by atoms with van der Waals surface area (Å²) in [5, 5.41) is 0. The van der Waals surface area contributed by atoms with Gasteiger partial charge in [0, 0.05) is 44.3 Å². The van der Waals surface area contributed by atoms with Crippen molar-refractivity contribution in [2.24, 2.45) is 5.73 Å². The molecule has 0 amide bonds. The van der Waals surface area contributed by atoms with Gasteiger partial charge in [-0.3, -0.25) is 9.30 Å². The van der Waals surface area contributed by atoms with Gasteiger partial charge < -0.3 is 5.73 Å². The van der Waals surface area contributed by atoms with E-state index in [1.165, 1.54) is 0 Å². The number of nitrogens with two attached hydrogens (primary N) is 1. The molecule has 5 heteroatoms. The molecule has 3 heterocycles. The van der Waals surface area contributed by atoms with Gasteiger partial charge in [0.1, 0.15) is 0 Å². The lowest BCUT2D eigenvalue weighted by Crippen LogP contribution is -2.26. The second-order valence-electron chi connectivity index (χ2n) is 4.34. The van der Waals surface area contributed by atoms with Crippen molar-refractivity contribution in [1.29, 1.82) is 0 Å². The van der Waals surface area contributed by atoms with Crippen LogP contribution in [-0.4, -0.2) is 38.4 Å². The number of nitrogens with zero attached hydrogens (tertiary/aromatic N) is 4. The predicted octanol–water partition coefficient (Wildman–Crippen LogP) is 0.262. The van der Waals surface area contributed by atoms with Gasteiger partial charge in [-0.2, -0.15) is 0 Å². The zero-order chi connectivity index (χ0) is 11.0. The van der Waals surface area contributed by atoms with E-state index in [1.807, 2.05) is 22.9 Å². The van der Waals surface area contributed by atoms with Gasteiger partial charge >= 0.3 is 0 Å². The summed E-state index contributed by atoms with van der Waals surface area (Å²) < 4.78 is 1.95. The van der Waals surface area contributed by atoms with Gasteiger partial charge in [0.15, 0.2) is 0 Å². The monoisotopic (exact) mass is 217 g/mol. The van der Waals surface area contributed by atoms with Crippen molar-refractivity contribution in [2.75, 3.05) is 13.1 Å². The number of hydrogen-bond acceptors (Lipinski definition) is 4. The molecule has 0 bridgehead atoms. The van der Waals surface area contributed by atoms with Crippen LogP contribution < -0.4 is 5.73 Å². The zero-order valence-electron chi connectivity index (χ0n) is 9.08. The van der Waals surface area contributed by atoms with Crippen LogP contribution in [0.4, 0.5) is 0 Å². The zero-order valence-corrected chi connectivity index (χ0v) is 9.08. The summed E-state index contributed by atoms with van der Waals surface area (Å²) in [6.45, 7) is 2.92. The largest absolute Gasteiger partial charge is 0.326 e. The van der Waals surface area contributed by atoms with Crippen LogP contribution in [0.15, 0.2) is 24.7 Å². The Kier molecular flexibility index (Phi) is 2.34. The van der Waals surface area contributed by atoms with Gasteiger partial charge in [-0.05, 0) is 12.5 Å². The Morgan fingerprint density at radius 2 is 2.44 bits per heavy atom. The number of fused-ring (bicyclic) bond motifs is 1. The Morgan fingerprint density at radius 3 is 3.19 bits per heavy atom. The van der Waals surface area contributed by atoms with Gasteiger partial charge in [-0.15, -0.1) is 0 Å². The molecule has 2 aromatic heterocycles. The minimum atomic E-state index is 0.329. The molecule has 0 spiro atoms. The lowest BCUT2D eigenvalue weighted by molar-refractivity contribution is 0.323. The molecule has 0 aromatic carbocycles. The molecule has 1 aliphatic heterocycles. The average Bonchev–Trinajstić information content (AvgIpc) is 2.84. The van der Waals surface area contributed by atoms with Crippen LogP contribution in [0, 0.1) is 0 Å². The van der Waals surface area contributed by atoms with Crippen LogP contribution in [0.1, 0.15) is 12.1 Å². The molecule has 1 aliphatic rings. The minimum Gasteiger partial charge on any atom is -0.326 e. The molecule has 0 saturated carbocycles. The van der Waals surface area contributed by atoms with Crippen molar-refractivity contribution in [2.45, 2.75) is 19.0 Å². The van der Waals surface area contributed by atoms with Crippen molar-refractivity contribution < 1.29 is 0 Å². The fraction of sp³-hybridized carbons (Fsp3) is 0.455. The van der Waals surface area contributed by atoms with E-state index in [2.05, 4.69) is 14.9 Å². The van der Waals surface area contributed by atoms with Crippen molar-refractivity contribution in [3.05, 3.63) is 30.4 Å². The van der Waals surface area contributed by atoms with E-state index in [-0.39, 0.29) is 0 Å². The first-order valence-corrected chi connectivity index (χ1v) is 5.58. The molecule has 16 heavy (non-hydrogen) atoms. The van der Waals surface area contributed by atoms with E-state index in [0.29, 0.717) is 6.04 Å². The first kappa shape index (κ1) is 9.74. The highest BCUT2D eigenvalue weighted by molar-refractivity contribution is 5.29. The third kappa shape index (κ3) is 1.79. The lowest BCUT2D eigenvalue weighted by atomic mass is 10.3. The van der Waals surface area contributed by atoms with Crippen LogP contribution in [0.5, 0.6) is 0 Å². The van der Waals surface area contributed by atoms with Crippen molar-refractivity contribution in [3.8, 4) is 0 Å². The van der Waals surface area contributed by atoms with Crippen LogP contribution in [0.3, 0.4) is 0 Å². The van der Waals surface area contributed by atoms with Gasteiger partial charge in [0.2, 0.25) is 5.78 Å². The molecule has 1 fully saturated rings. The van der Waals surface area contributed by atoms with Crippen molar-refractivity contribution in [1.82, 2.24) is 19.3 Å². The maximum absolute atomic E-state index is 5.87. The molecule has 84 valence electrons. The summed E-state index contributed by atoms with van der Waals surface area (Å²) in [7, 11) is 0. The highest BCUT2D eigenvalue weighted by Crippen LogP contribution is 2.11. The maximum atomic E-state index is 5.87. The van der Waals surface area contributed by atoms with E-state index >= 15 is 0 Å². The topological polar surface area (TPSA) is 59.5 Å². The Labute approximate surface area is 93.9 Å². The molecule has 1 atom stereocenters. The Balaban J connectivity index is 1.79. The SMILES string of the molecule is NC1CCN(Cc2cn3cccnc3n2)C1. The first-order chi connectivity index (χ1) is 7.81. The maximum Gasteiger partial charge on any atom is 0.233 e. The lowest BCUT2D eigenvalue weighted by Gasteiger charge is -2.12. The van der Waals surface area contributed by atoms with E-state index in [0.717, 1.165) is 37.5 Å². The molecular formula is C11H15N5. The smallest absolute Gasteiger partial charge is 0.233 e. The van der Waals surface area contributed by atoms with Crippen LogP contribution in [-0.2, 0) is 6.54 Å². The molecular weight excluding hydrogens is 202 g/mol. The number of aromatic nitrogens is 3. The van der Waals surface area contributed by atoms with Crippen molar-refractivity contribution in [3.63, 3.8) is 0 Å². The molecule has 1 unspecified atom stereocenters. The second kappa shape index (κ2) is 3.84. The van der Waals surface area contributed by atoms with Gasteiger partial charge in [0.05, 0.1) is 5.69 Å². The van der Waals surface area contributed by atoms with E-state index in [4.69, 9.17) is 5.73 Å². The third-order valence-electron chi connectivity index (χ3n) is 2.98. The molecule has 3 rings (SSSR count). The number of rotatable bonds is 2. The Hall–Kier alpha value is -1.46. The molecule has 2 aromatic rings. The highest BCUT2D eigenvalue weighted by Gasteiger charge is 2.19. The quantitative estimate of drug-likeness (QED) is 0.784. The Bertz CT molecular complexity index is 459. The molecule has 0 radical (unpaired) electrons. The number of hydrogen-bond donors (Lipinski definition) is 1. The Morgan fingerprint density at radius 1 is 1.50 bits per heavy atom. The first-order valence-electron chi connectivity index (χ1n) is 5.58. The second-order valence-corrected chi connectivity index (χ2v) is 4.34. The van der Waals surface area contributed by atoms with Crippen molar-refractivity contribution >= 4 is 5.78 Å². The van der Waals surface area contributed by atoms with Crippen LogP contribution in [0.25, 0.3) is 5.78 Å². The minimum absolute atomic E-state index is 0.329. The molecule has 5 nitrogen and oxygen atoms in total. The normalized spacial score (nSPS) is 21.9. The summed E-state index contributed by atoms with van der Waals surface area (Å²) in [5.41, 5.74) is 6.94. The van der Waals surface area contributed by atoms with Gasteiger partial charge in [-0.1, -0.05) is 0 Å². The van der Waals surface area contributed by atoms with Gasteiger partial charge in [0.25, 0.3) is 0 Å². The fourth-order valence-corrected chi connectivity index (χ4v) is 2.19. The summed E-state index contributed by atoms with van der Waals surface area (Å²) in [4.78, 5) is 11.0. The molecule has 1 saturated heterocycles. The summed E-state index contributed by atoms with van der Waals surface area (Å²) >= 11 is 0. The van der Waals surface area contributed by atoms with E-state index < -0.39 is 0 Å². The third-order valence-corrected chi connectivity index (χ3v) is 2.98. The number of imidazole rings is 1. The average molecular weight is 217 g/mol. The van der Waals surface area contributed by atoms with E-state index in [9.17, 15) is 0 Å². The van der Waals surface area contributed by atoms with E-state index in [1.54, 1.807) is 6.20 Å². The van der Waals surface area contributed by atoms with Gasteiger partial charge in [-0.25, -0.2) is 9.97 Å². The fourth-order valence-electron chi connectivity index (χ4n) is 2.19. The highest BCUT2D eigenvalue weighted by atomic mass is 15.2. The summed E-state index contributed by atoms with van der Waals surface area (Å²) in [5.74, 6) is 0.765. The van der Waals surface area contributed by atoms with Crippen LogP contribution >= 0.6 is 0 Å². The predicted molar refractivity (Wildman–Crippen MR) is 60.9 cm³/mol. The summed E-state index contributed by atoms with van der Waals surface area (Å²) in [6, 6.07) is 2.24. The summed E-state index contributed by atoms with van der Waals surface area (Å²) in [6.07, 6.45) is 6.85.